The van der Waals surface area contributed by atoms with Crippen molar-refractivity contribution in [2.45, 2.75) is 39.8 Å². The molecular weight excluding hydrogens is 330 g/mol. The van der Waals surface area contributed by atoms with Crippen molar-refractivity contribution in [1.82, 2.24) is 9.80 Å². The lowest BCUT2D eigenvalue weighted by Gasteiger charge is -2.34. The zero-order valence-electron chi connectivity index (χ0n) is 16.5. The molecule has 0 radical (unpaired) electrons. The lowest BCUT2D eigenvalue weighted by molar-refractivity contribution is -0.164. The van der Waals surface area contributed by atoms with Gasteiger partial charge in [0, 0.05) is 43.5 Å². The Kier molecular flexibility index (Phi) is 7.03. The second-order valence-electron chi connectivity index (χ2n) is 7.52. The highest BCUT2D eigenvalue weighted by atomic mass is 16.5. The molecule has 1 aromatic carbocycles. The number of esters is 1. The topological polar surface area (TPSA) is 61.9 Å². The molecule has 1 N–H and O–H groups in total. The van der Waals surface area contributed by atoms with Crippen molar-refractivity contribution in [2.75, 3.05) is 38.5 Å². The zero-order valence-corrected chi connectivity index (χ0v) is 16.5. The minimum Gasteiger partial charge on any atom is -0.447 e. The van der Waals surface area contributed by atoms with E-state index in [9.17, 15) is 9.59 Å². The van der Waals surface area contributed by atoms with E-state index in [1.165, 1.54) is 0 Å². The molecule has 1 fully saturated rings. The molecule has 26 heavy (non-hydrogen) atoms. The molecule has 0 aliphatic carbocycles. The normalized spacial score (nSPS) is 16.7. The second kappa shape index (κ2) is 9.03. The van der Waals surface area contributed by atoms with Crippen LogP contribution in [0, 0.1) is 5.92 Å². The molecule has 0 saturated carbocycles. The Morgan fingerprint density at radius 1 is 1.00 bits per heavy atom. The molecular formula is C20H31N3O3. The molecule has 1 aliphatic rings. The Morgan fingerprint density at radius 3 is 2.08 bits per heavy atom. The summed E-state index contributed by atoms with van der Waals surface area (Å²) in [5, 5.41) is 3.32. The number of nitrogens with zero attached hydrogens (tertiary/aromatic N) is 2. The van der Waals surface area contributed by atoms with E-state index in [-0.39, 0.29) is 17.8 Å². The summed E-state index contributed by atoms with van der Waals surface area (Å²) >= 11 is 0. The minimum atomic E-state index is -0.888. The van der Waals surface area contributed by atoms with Crippen molar-refractivity contribution in [3.8, 4) is 0 Å². The van der Waals surface area contributed by atoms with Gasteiger partial charge in [-0.15, -0.1) is 0 Å². The van der Waals surface area contributed by atoms with E-state index in [0.29, 0.717) is 24.7 Å². The van der Waals surface area contributed by atoms with Crippen LogP contribution in [0.15, 0.2) is 24.3 Å². The number of benzene rings is 1. The fourth-order valence-electron chi connectivity index (χ4n) is 2.79. The standard InChI is InChI=1S/C20H31N3O3/c1-14(2)20(25)26-18(19(24)23-12-10-22(5)11-13-23)16-6-8-17(9-7-16)21-15(3)4/h6-9,14-15,18,21H,10-13H2,1-5H3. The predicted molar refractivity (Wildman–Crippen MR) is 103 cm³/mol. The van der Waals surface area contributed by atoms with Crippen molar-refractivity contribution in [3.63, 3.8) is 0 Å². The van der Waals surface area contributed by atoms with Crippen LogP contribution in [0.25, 0.3) is 0 Å². The highest BCUT2D eigenvalue weighted by Gasteiger charge is 2.31. The molecule has 0 aromatic heterocycles. The third kappa shape index (κ3) is 5.46. The van der Waals surface area contributed by atoms with Crippen LogP contribution in [-0.4, -0.2) is 60.9 Å². The predicted octanol–water partition coefficient (Wildman–Crippen LogP) is 2.52. The first kappa shape index (κ1) is 20.2. The molecule has 1 saturated heterocycles. The summed E-state index contributed by atoms with van der Waals surface area (Å²) in [6.45, 7) is 10.6. The fraction of sp³-hybridized carbons (Fsp3) is 0.600. The minimum absolute atomic E-state index is 0.142. The van der Waals surface area contributed by atoms with Crippen molar-refractivity contribution < 1.29 is 14.3 Å². The Labute approximate surface area is 156 Å². The third-order valence-electron chi connectivity index (χ3n) is 4.41. The lowest BCUT2D eigenvalue weighted by atomic mass is 10.1. The monoisotopic (exact) mass is 361 g/mol. The maximum absolute atomic E-state index is 13.0. The van der Waals surface area contributed by atoms with Crippen molar-refractivity contribution in [2.24, 2.45) is 5.92 Å². The van der Waals surface area contributed by atoms with E-state index >= 15 is 0 Å². The Hall–Kier alpha value is -2.08. The molecule has 1 amide bonds. The van der Waals surface area contributed by atoms with E-state index in [4.69, 9.17) is 4.74 Å². The lowest BCUT2D eigenvalue weighted by Crippen LogP contribution is -2.49. The van der Waals surface area contributed by atoms with Gasteiger partial charge in [-0.1, -0.05) is 26.0 Å². The number of hydrogen-bond acceptors (Lipinski definition) is 5. The Morgan fingerprint density at radius 2 is 1.58 bits per heavy atom. The summed E-state index contributed by atoms with van der Waals surface area (Å²) in [6, 6.07) is 7.88. The number of ether oxygens (including phenoxy) is 1. The highest BCUT2D eigenvalue weighted by Crippen LogP contribution is 2.24. The molecule has 1 atom stereocenters. The smallest absolute Gasteiger partial charge is 0.309 e. The molecule has 0 bridgehead atoms. The van der Waals surface area contributed by atoms with Gasteiger partial charge in [-0.3, -0.25) is 9.59 Å². The second-order valence-corrected chi connectivity index (χ2v) is 7.52. The number of carbonyl (C=O) groups excluding carboxylic acids is 2. The molecule has 1 aromatic rings. The van der Waals surface area contributed by atoms with Gasteiger partial charge >= 0.3 is 5.97 Å². The van der Waals surface area contributed by atoms with Crippen LogP contribution in [0.1, 0.15) is 39.4 Å². The van der Waals surface area contributed by atoms with E-state index in [1.54, 1.807) is 18.7 Å². The van der Waals surface area contributed by atoms with Crippen molar-refractivity contribution >= 4 is 17.6 Å². The number of carbonyl (C=O) groups is 2. The molecule has 6 heteroatoms. The number of nitrogens with one attached hydrogen (secondary N) is 1. The molecule has 1 aliphatic heterocycles. The molecule has 6 nitrogen and oxygen atoms in total. The number of rotatable bonds is 6. The van der Waals surface area contributed by atoms with Crippen LogP contribution in [0.3, 0.4) is 0 Å². The Balaban J connectivity index is 2.20. The van der Waals surface area contributed by atoms with Gasteiger partial charge in [0.15, 0.2) is 0 Å². The summed E-state index contributed by atoms with van der Waals surface area (Å²) in [6.07, 6.45) is -0.888. The quantitative estimate of drug-likeness (QED) is 0.789. The molecule has 144 valence electrons. The summed E-state index contributed by atoms with van der Waals surface area (Å²) in [4.78, 5) is 29.2. The van der Waals surface area contributed by atoms with Crippen LogP contribution < -0.4 is 5.32 Å². The number of likely N-dealkylation sites (N-methyl/N-ethyl adjacent to an activating group) is 1. The number of hydrogen-bond donors (Lipinski definition) is 1. The van der Waals surface area contributed by atoms with E-state index in [0.717, 1.165) is 18.8 Å². The number of amides is 1. The van der Waals surface area contributed by atoms with Crippen molar-refractivity contribution in [3.05, 3.63) is 29.8 Å². The van der Waals surface area contributed by atoms with Crippen LogP contribution in [0.2, 0.25) is 0 Å². The third-order valence-corrected chi connectivity index (χ3v) is 4.41. The Bertz CT molecular complexity index is 605. The maximum atomic E-state index is 13.0. The van der Waals surface area contributed by atoms with Crippen molar-refractivity contribution in [1.29, 1.82) is 0 Å². The van der Waals surface area contributed by atoms with Gasteiger partial charge in [0.2, 0.25) is 6.10 Å². The summed E-state index contributed by atoms with van der Waals surface area (Å²) in [5.74, 6) is -0.779. The maximum Gasteiger partial charge on any atom is 0.309 e. The van der Waals surface area contributed by atoms with Gasteiger partial charge in [0.05, 0.1) is 5.92 Å². The first-order chi connectivity index (χ1) is 12.3. The van der Waals surface area contributed by atoms with Crippen LogP contribution in [0.5, 0.6) is 0 Å². The summed E-state index contributed by atoms with van der Waals surface area (Å²) in [5.41, 5.74) is 1.68. The van der Waals surface area contributed by atoms with E-state index in [1.807, 2.05) is 31.3 Å². The highest BCUT2D eigenvalue weighted by molar-refractivity contribution is 5.85. The van der Waals surface area contributed by atoms with Gasteiger partial charge in [-0.2, -0.15) is 0 Å². The summed E-state index contributed by atoms with van der Waals surface area (Å²) in [7, 11) is 2.04. The van der Waals surface area contributed by atoms with Crippen LogP contribution >= 0.6 is 0 Å². The van der Waals surface area contributed by atoms with Gasteiger partial charge in [-0.25, -0.2) is 0 Å². The van der Waals surface area contributed by atoms with Gasteiger partial charge in [-0.05, 0) is 33.0 Å². The molecule has 2 rings (SSSR count). The number of piperazine rings is 1. The largest absolute Gasteiger partial charge is 0.447 e. The SMILES string of the molecule is CC(C)Nc1ccc(C(OC(=O)C(C)C)C(=O)N2CCN(C)CC2)cc1. The van der Waals surface area contributed by atoms with Gasteiger partial charge < -0.3 is 19.9 Å². The van der Waals surface area contributed by atoms with E-state index in [2.05, 4.69) is 24.1 Å². The average molecular weight is 361 g/mol. The average Bonchev–Trinajstić information content (AvgIpc) is 2.60. The van der Waals surface area contributed by atoms with Gasteiger partial charge in [0.1, 0.15) is 0 Å². The van der Waals surface area contributed by atoms with Gasteiger partial charge in [0.25, 0.3) is 5.91 Å². The molecule has 0 spiro atoms. The van der Waals surface area contributed by atoms with E-state index < -0.39 is 6.10 Å². The molecule has 1 unspecified atom stereocenters. The van der Waals surface area contributed by atoms with Crippen LogP contribution in [-0.2, 0) is 14.3 Å². The first-order valence-corrected chi connectivity index (χ1v) is 9.32. The summed E-state index contributed by atoms with van der Waals surface area (Å²) < 4.78 is 5.60. The first-order valence-electron chi connectivity index (χ1n) is 9.32. The van der Waals surface area contributed by atoms with Crippen LogP contribution in [0.4, 0.5) is 5.69 Å². The number of anilines is 1. The molecule has 1 heterocycles. The zero-order chi connectivity index (χ0) is 19.3. The fourth-order valence-corrected chi connectivity index (χ4v) is 2.79.